The van der Waals surface area contributed by atoms with Gasteiger partial charge in [-0.1, -0.05) is 60.2 Å². The first-order valence-electron chi connectivity index (χ1n) is 8.10. The highest BCUT2D eigenvalue weighted by Gasteiger charge is 2.09. The van der Waals surface area contributed by atoms with Crippen LogP contribution in [0.2, 0.25) is 0 Å². The van der Waals surface area contributed by atoms with Crippen LogP contribution in [-0.2, 0) is 16.1 Å². The standard InChI is InChI=1S/C21H19NO3/c1-15-5-4-6-16(11-15)14-25-20(23)13-22-21(24)19-10-9-17-7-2-3-8-18(17)12-19/h2-12H,13-14H2,1H3,(H,22,24). The van der Waals surface area contributed by atoms with Crippen molar-refractivity contribution < 1.29 is 14.3 Å². The number of fused-ring (bicyclic) bond motifs is 1. The van der Waals surface area contributed by atoms with Gasteiger partial charge in [-0.15, -0.1) is 0 Å². The van der Waals surface area contributed by atoms with E-state index in [0.717, 1.165) is 21.9 Å². The van der Waals surface area contributed by atoms with Crippen LogP contribution in [0.4, 0.5) is 0 Å². The summed E-state index contributed by atoms with van der Waals surface area (Å²) in [5.74, 6) is -0.756. The molecular weight excluding hydrogens is 314 g/mol. The number of nitrogens with one attached hydrogen (secondary N) is 1. The van der Waals surface area contributed by atoms with Crippen molar-refractivity contribution in [2.24, 2.45) is 0 Å². The molecule has 25 heavy (non-hydrogen) atoms. The Labute approximate surface area is 146 Å². The second-order valence-electron chi connectivity index (χ2n) is 5.89. The van der Waals surface area contributed by atoms with Gasteiger partial charge in [0.15, 0.2) is 0 Å². The SMILES string of the molecule is Cc1cccc(COC(=O)CNC(=O)c2ccc3ccccc3c2)c1. The highest BCUT2D eigenvalue weighted by Crippen LogP contribution is 2.15. The molecule has 3 aromatic rings. The molecular formula is C21H19NO3. The Kier molecular flexibility index (Phi) is 5.09. The van der Waals surface area contributed by atoms with Gasteiger partial charge in [0, 0.05) is 5.56 Å². The number of rotatable bonds is 5. The molecule has 0 saturated heterocycles. The lowest BCUT2D eigenvalue weighted by atomic mass is 10.1. The van der Waals surface area contributed by atoms with Crippen LogP contribution >= 0.6 is 0 Å². The zero-order valence-electron chi connectivity index (χ0n) is 14.0. The maximum absolute atomic E-state index is 12.2. The average molecular weight is 333 g/mol. The van der Waals surface area contributed by atoms with Crippen LogP contribution in [0.25, 0.3) is 10.8 Å². The summed E-state index contributed by atoms with van der Waals surface area (Å²) in [7, 11) is 0. The van der Waals surface area contributed by atoms with E-state index in [1.165, 1.54) is 0 Å². The number of hydrogen-bond donors (Lipinski definition) is 1. The fourth-order valence-electron chi connectivity index (χ4n) is 2.60. The minimum absolute atomic E-state index is 0.155. The Morgan fingerprint density at radius 3 is 2.52 bits per heavy atom. The molecule has 1 amide bonds. The predicted molar refractivity (Wildman–Crippen MR) is 97.3 cm³/mol. The maximum atomic E-state index is 12.2. The molecule has 0 spiro atoms. The summed E-state index contributed by atoms with van der Waals surface area (Å²) in [5, 5.41) is 4.65. The topological polar surface area (TPSA) is 55.4 Å². The number of carbonyl (C=O) groups excluding carboxylic acids is 2. The molecule has 0 heterocycles. The van der Waals surface area contributed by atoms with Crippen molar-refractivity contribution in [3.63, 3.8) is 0 Å². The molecule has 0 atom stereocenters. The minimum Gasteiger partial charge on any atom is -0.460 e. The van der Waals surface area contributed by atoms with Gasteiger partial charge in [-0.3, -0.25) is 9.59 Å². The van der Waals surface area contributed by atoms with Gasteiger partial charge in [-0.2, -0.15) is 0 Å². The lowest BCUT2D eigenvalue weighted by molar-refractivity contribution is -0.143. The van der Waals surface area contributed by atoms with Gasteiger partial charge in [0.05, 0.1) is 0 Å². The monoisotopic (exact) mass is 333 g/mol. The molecule has 126 valence electrons. The van der Waals surface area contributed by atoms with Crippen LogP contribution in [-0.4, -0.2) is 18.4 Å². The number of aryl methyl sites for hydroxylation is 1. The highest BCUT2D eigenvalue weighted by atomic mass is 16.5. The first-order chi connectivity index (χ1) is 12.1. The van der Waals surface area contributed by atoms with Gasteiger partial charge in [-0.05, 0) is 35.4 Å². The second-order valence-corrected chi connectivity index (χ2v) is 5.89. The van der Waals surface area contributed by atoms with Gasteiger partial charge >= 0.3 is 5.97 Å². The third-order valence-electron chi connectivity index (χ3n) is 3.89. The van der Waals surface area contributed by atoms with Gasteiger partial charge in [-0.25, -0.2) is 0 Å². The summed E-state index contributed by atoms with van der Waals surface area (Å²) in [6.07, 6.45) is 0. The molecule has 0 aromatic heterocycles. The Hall–Kier alpha value is -3.14. The number of esters is 1. The zero-order valence-corrected chi connectivity index (χ0v) is 14.0. The number of amides is 1. The summed E-state index contributed by atoms with van der Waals surface area (Å²) >= 11 is 0. The van der Waals surface area contributed by atoms with E-state index in [1.54, 1.807) is 6.07 Å². The van der Waals surface area contributed by atoms with Crippen molar-refractivity contribution in [1.82, 2.24) is 5.32 Å². The second kappa shape index (κ2) is 7.62. The molecule has 4 heteroatoms. The number of benzene rings is 3. The molecule has 0 aliphatic rings. The zero-order chi connectivity index (χ0) is 17.6. The quantitative estimate of drug-likeness (QED) is 0.726. The summed E-state index contributed by atoms with van der Waals surface area (Å²) in [4.78, 5) is 24.0. The molecule has 0 aliphatic heterocycles. The Morgan fingerprint density at radius 2 is 1.72 bits per heavy atom. The fourth-order valence-corrected chi connectivity index (χ4v) is 2.60. The van der Waals surface area contributed by atoms with E-state index in [9.17, 15) is 9.59 Å². The first-order valence-corrected chi connectivity index (χ1v) is 8.10. The molecule has 1 N–H and O–H groups in total. The van der Waals surface area contributed by atoms with E-state index < -0.39 is 5.97 Å². The molecule has 0 saturated carbocycles. The van der Waals surface area contributed by atoms with Crippen LogP contribution in [0, 0.1) is 6.92 Å². The summed E-state index contributed by atoms with van der Waals surface area (Å²) < 4.78 is 5.19. The van der Waals surface area contributed by atoms with E-state index in [4.69, 9.17) is 4.74 Å². The van der Waals surface area contributed by atoms with Gasteiger partial charge in [0.2, 0.25) is 0 Å². The molecule has 0 radical (unpaired) electrons. The molecule has 0 aliphatic carbocycles. The van der Waals surface area contributed by atoms with Crippen LogP contribution in [0.5, 0.6) is 0 Å². The number of hydrogen-bond acceptors (Lipinski definition) is 3. The molecule has 0 fully saturated rings. The predicted octanol–water partition coefficient (Wildman–Crippen LogP) is 3.62. The Morgan fingerprint density at radius 1 is 0.920 bits per heavy atom. The Bertz CT molecular complexity index is 918. The first kappa shape index (κ1) is 16.7. The third-order valence-corrected chi connectivity index (χ3v) is 3.89. The summed E-state index contributed by atoms with van der Waals surface area (Å²) in [6, 6.07) is 21.0. The van der Waals surface area contributed by atoms with Crippen LogP contribution in [0.15, 0.2) is 66.7 Å². The highest BCUT2D eigenvalue weighted by molar-refractivity contribution is 5.99. The lowest BCUT2D eigenvalue weighted by Gasteiger charge is -2.08. The molecule has 4 nitrogen and oxygen atoms in total. The van der Waals surface area contributed by atoms with Crippen molar-refractivity contribution in [3.05, 3.63) is 83.4 Å². The van der Waals surface area contributed by atoms with Gasteiger partial charge < -0.3 is 10.1 Å². The molecule has 3 aromatic carbocycles. The summed E-state index contributed by atoms with van der Waals surface area (Å²) in [5.41, 5.74) is 2.55. The number of carbonyl (C=O) groups is 2. The van der Waals surface area contributed by atoms with Crippen molar-refractivity contribution >= 4 is 22.6 Å². The summed E-state index contributed by atoms with van der Waals surface area (Å²) in [6.45, 7) is 2.03. The van der Waals surface area contributed by atoms with Crippen molar-refractivity contribution in [3.8, 4) is 0 Å². The molecule has 3 rings (SSSR count). The van der Waals surface area contributed by atoms with Crippen LogP contribution in [0.3, 0.4) is 0 Å². The average Bonchev–Trinajstić information content (AvgIpc) is 2.64. The fraction of sp³-hybridized carbons (Fsp3) is 0.143. The lowest BCUT2D eigenvalue weighted by Crippen LogP contribution is -2.30. The van der Waals surface area contributed by atoms with Crippen LogP contribution < -0.4 is 5.32 Å². The van der Waals surface area contributed by atoms with Crippen molar-refractivity contribution in [2.45, 2.75) is 13.5 Å². The van der Waals surface area contributed by atoms with E-state index in [1.807, 2.05) is 67.6 Å². The Balaban J connectivity index is 1.53. The van der Waals surface area contributed by atoms with E-state index in [0.29, 0.717) is 5.56 Å². The maximum Gasteiger partial charge on any atom is 0.325 e. The van der Waals surface area contributed by atoms with E-state index in [-0.39, 0.29) is 19.1 Å². The van der Waals surface area contributed by atoms with E-state index >= 15 is 0 Å². The van der Waals surface area contributed by atoms with Crippen molar-refractivity contribution in [1.29, 1.82) is 0 Å². The normalized spacial score (nSPS) is 10.4. The third kappa shape index (κ3) is 4.44. The van der Waals surface area contributed by atoms with E-state index in [2.05, 4.69) is 5.32 Å². The van der Waals surface area contributed by atoms with Gasteiger partial charge in [0.25, 0.3) is 5.91 Å². The van der Waals surface area contributed by atoms with Gasteiger partial charge in [0.1, 0.15) is 13.2 Å². The smallest absolute Gasteiger partial charge is 0.325 e. The molecule has 0 unspecified atom stereocenters. The number of ether oxygens (including phenoxy) is 1. The minimum atomic E-state index is -0.462. The van der Waals surface area contributed by atoms with Crippen LogP contribution in [0.1, 0.15) is 21.5 Å². The largest absolute Gasteiger partial charge is 0.460 e. The molecule has 0 bridgehead atoms. The van der Waals surface area contributed by atoms with Crippen molar-refractivity contribution in [2.75, 3.05) is 6.54 Å².